The van der Waals surface area contributed by atoms with Crippen LogP contribution in [0.4, 0.5) is 0 Å². The summed E-state index contributed by atoms with van der Waals surface area (Å²) in [5, 5.41) is 7.26. The van der Waals surface area contributed by atoms with E-state index in [0.29, 0.717) is 25.2 Å². The Morgan fingerprint density at radius 2 is 1.93 bits per heavy atom. The second-order valence-corrected chi connectivity index (χ2v) is 6.47. The molecule has 1 amide bonds. The smallest absolute Gasteiger partial charge is 0.266 e. The van der Waals surface area contributed by atoms with Crippen LogP contribution >= 0.6 is 0 Å². The highest BCUT2D eigenvalue weighted by Crippen LogP contribution is 2.21. The zero-order chi connectivity index (χ0) is 19.9. The molecule has 0 aliphatic heterocycles. The molecule has 3 rings (SSSR count). The zero-order valence-corrected chi connectivity index (χ0v) is 16.0. The van der Waals surface area contributed by atoms with E-state index in [0.717, 1.165) is 22.4 Å². The number of aryl methyl sites for hydroxylation is 1. The lowest BCUT2D eigenvalue weighted by atomic mass is 10.1. The van der Waals surface area contributed by atoms with Gasteiger partial charge in [-0.05, 0) is 36.2 Å². The summed E-state index contributed by atoms with van der Waals surface area (Å²) in [7, 11) is 1.60. The van der Waals surface area contributed by atoms with Crippen LogP contribution in [0.3, 0.4) is 0 Å². The largest absolute Gasteiger partial charge is 0.497 e. The van der Waals surface area contributed by atoms with E-state index in [1.165, 1.54) is 10.7 Å². The standard InChI is InChI=1S/C22H23N3O3/c1-16-6-3-4-7-17(16)15-21(26)23-12-13-25-22(27)11-10-20(24-25)18-8-5-9-19(14-18)28-2/h3-11,14H,12-13,15H2,1-2H3,(H,23,26). The van der Waals surface area contributed by atoms with Crippen LogP contribution in [0.5, 0.6) is 5.75 Å². The molecule has 1 aromatic heterocycles. The number of carbonyl (C=O) groups is 1. The second-order valence-electron chi connectivity index (χ2n) is 6.47. The van der Waals surface area contributed by atoms with Gasteiger partial charge in [-0.1, -0.05) is 36.4 Å². The van der Waals surface area contributed by atoms with Gasteiger partial charge < -0.3 is 10.1 Å². The number of rotatable bonds is 7. The van der Waals surface area contributed by atoms with Gasteiger partial charge in [-0.25, -0.2) is 4.68 Å². The van der Waals surface area contributed by atoms with Gasteiger partial charge in [0.15, 0.2) is 0 Å². The predicted octanol–water partition coefficient (Wildman–Crippen LogP) is 2.59. The molecule has 6 heteroatoms. The monoisotopic (exact) mass is 377 g/mol. The Bertz CT molecular complexity index is 1030. The second kappa shape index (κ2) is 8.99. The van der Waals surface area contributed by atoms with Gasteiger partial charge in [-0.3, -0.25) is 9.59 Å². The lowest BCUT2D eigenvalue weighted by Gasteiger charge is -2.10. The van der Waals surface area contributed by atoms with Crippen molar-refractivity contribution in [3.63, 3.8) is 0 Å². The van der Waals surface area contributed by atoms with Crippen LogP contribution in [0.15, 0.2) is 65.5 Å². The number of nitrogens with one attached hydrogen (secondary N) is 1. The number of carbonyl (C=O) groups excluding carboxylic acids is 1. The molecular weight excluding hydrogens is 354 g/mol. The molecule has 28 heavy (non-hydrogen) atoms. The molecule has 0 bridgehead atoms. The van der Waals surface area contributed by atoms with Crippen LogP contribution in [-0.4, -0.2) is 29.3 Å². The Morgan fingerprint density at radius 1 is 1.11 bits per heavy atom. The van der Waals surface area contributed by atoms with E-state index in [9.17, 15) is 9.59 Å². The summed E-state index contributed by atoms with van der Waals surface area (Å²) in [4.78, 5) is 24.3. The van der Waals surface area contributed by atoms with Gasteiger partial charge in [-0.15, -0.1) is 0 Å². The molecule has 0 unspecified atom stereocenters. The Kier molecular flexibility index (Phi) is 6.22. The Hall–Kier alpha value is -3.41. The van der Waals surface area contributed by atoms with E-state index < -0.39 is 0 Å². The van der Waals surface area contributed by atoms with E-state index in [1.54, 1.807) is 13.2 Å². The van der Waals surface area contributed by atoms with E-state index in [1.807, 2.05) is 55.5 Å². The molecule has 0 atom stereocenters. The highest BCUT2D eigenvalue weighted by atomic mass is 16.5. The van der Waals surface area contributed by atoms with E-state index in [4.69, 9.17) is 4.74 Å². The molecule has 0 aliphatic rings. The number of aromatic nitrogens is 2. The third-order valence-electron chi connectivity index (χ3n) is 4.49. The summed E-state index contributed by atoms with van der Waals surface area (Å²) in [6.45, 7) is 2.62. The maximum Gasteiger partial charge on any atom is 0.266 e. The number of amides is 1. The van der Waals surface area contributed by atoms with Gasteiger partial charge in [0.25, 0.3) is 5.56 Å². The first-order valence-corrected chi connectivity index (χ1v) is 9.10. The molecule has 144 valence electrons. The molecule has 6 nitrogen and oxygen atoms in total. The van der Waals surface area contributed by atoms with Crippen LogP contribution in [0, 0.1) is 6.92 Å². The first-order valence-electron chi connectivity index (χ1n) is 9.10. The van der Waals surface area contributed by atoms with Crippen LogP contribution in [0.25, 0.3) is 11.3 Å². The van der Waals surface area contributed by atoms with Crippen LogP contribution < -0.4 is 15.6 Å². The highest BCUT2D eigenvalue weighted by molar-refractivity contribution is 5.78. The molecule has 0 saturated heterocycles. The number of ether oxygens (including phenoxy) is 1. The molecular formula is C22H23N3O3. The minimum atomic E-state index is -0.209. The lowest BCUT2D eigenvalue weighted by Crippen LogP contribution is -2.32. The van der Waals surface area contributed by atoms with Crippen LogP contribution in [-0.2, 0) is 17.8 Å². The van der Waals surface area contributed by atoms with Gasteiger partial charge in [0.2, 0.25) is 5.91 Å². The molecule has 0 spiro atoms. The SMILES string of the molecule is COc1cccc(-c2ccc(=O)n(CCNC(=O)Cc3ccccc3C)n2)c1. The normalized spacial score (nSPS) is 10.5. The topological polar surface area (TPSA) is 73.2 Å². The van der Waals surface area contributed by atoms with Crippen molar-refractivity contribution in [1.29, 1.82) is 0 Å². The maximum atomic E-state index is 12.2. The number of hydrogen-bond donors (Lipinski definition) is 1. The maximum absolute atomic E-state index is 12.2. The molecule has 0 radical (unpaired) electrons. The van der Waals surface area contributed by atoms with Crippen molar-refractivity contribution in [2.24, 2.45) is 0 Å². The van der Waals surface area contributed by atoms with Gasteiger partial charge >= 0.3 is 0 Å². The van der Waals surface area contributed by atoms with Crippen molar-refractivity contribution in [3.8, 4) is 17.0 Å². The van der Waals surface area contributed by atoms with E-state index in [-0.39, 0.29) is 11.5 Å². The first kappa shape index (κ1) is 19.4. The summed E-state index contributed by atoms with van der Waals surface area (Å²) in [6, 6.07) is 18.5. The van der Waals surface area contributed by atoms with Crippen molar-refractivity contribution >= 4 is 5.91 Å². The molecule has 2 aromatic carbocycles. The number of nitrogens with zero attached hydrogens (tertiary/aromatic N) is 2. The van der Waals surface area contributed by atoms with Crippen LogP contribution in [0.1, 0.15) is 11.1 Å². The quantitative estimate of drug-likeness (QED) is 0.687. The molecule has 0 fully saturated rings. The molecule has 1 heterocycles. The van der Waals surface area contributed by atoms with Gasteiger partial charge in [-0.2, -0.15) is 5.10 Å². The van der Waals surface area contributed by atoms with Crippen molar-refractivity contribution < 1.29 is 9.53 Å². The van der Waals surface area contributed by atoms with E-state index in [2.05, 4.69) is 10.4 Å². The number of methoxy groups -OCH3 is 1. The Labute approximate surface area is 163 Å². The number of hydrogen-bond acceptors (Lipinski definition) is 4. The average molecular weight is 377 g/mol. The van der Waals surface area contributed by atoms with E-state index >= 15 is 0 Å². The minimum Gasteiger partial charge on any atom is -0.497 e. The summed E-state index contributed by atoms with van der Waals surface area (Å²) in [5.74, 6) is 0.645. The summed E-state index contributed by atoms with van der Waals surface area (Å²) < 4.78 is 6.60. The predicted molar refractivity (Wildman–Crippen MR) is 108 cm³/mol. The zero-order valence-electron chi connectivity index (χ0n) is 16.0. The Balaban J connectivity index is 1.63. The molecule has 1 N–H and O–H groups in total. The summed E-state index contributed by atoms with van der Waals surface area (Å²) in [5.41, 5.74) is 3.40. The van der Waals surface area contributed by atoms with Crippen LogP contribution in [0.2, 0.25) is 0 Å². The molecule has 0 aliphatic carbocycles. The molecule has 3 aromatic rings. The summed E-state index contributed by atoms with van der Waals surface area (Å²) in [6.07, 6.45) is 0.318. The first-order chi connectivity index (χ1) is 13.6. The third-order valence-corrected chi connectivity index (χ3v) is 4.49. The van der Waals surface area contributed by atoms with Gasteiger partial charge in [0.1, 0.15) is 5.75 Å². The fourth-order valence-electron chi connectivity index (χ4n) is 2.89. The number of benzene rings is 2. The van der Waals surface area contributed by atoms with Crippen molar-refractivity contribution in [2.45, 2.75) is 19.9 Å². The summed E-state index contributed by atoms with van der Waals surface area (Å²) >= 11 is 0. The van der Waals surface area contributed by atoms with Crippen molar-refractivity contribution in [2.75, 3.05) is 13.7 Å². The minimum absolute atomic E-state index is 0.0775. The molecule has 0 saturated carbocycles. The lowest BCUT2D eigenvalue weighted by molar-refractivity contribution is -0.120. The van der Waals surface area contributed by atoms with Gasteiger partial charge in [0, 0.05) is 18.2 Å². The Morgan fingerprint density at radius 3 is 2.71 bits per heavy atom. The average Bonchev–Trinajstić information content (AvgIpc) is 2.71. The van der Waals surface area contributed by atoms with Crippen molar-refractivity contribution in [1.82, 2.24) is 15.1 Å². The fourth-order valence-corrected chi connectivity index (χ4v) is 2.89. The van der Waals surface area contributed by atoms with Crippen molar-refractivity contribution in [3.05, 3.63) is 82.1 Å². The van der Waals surface area contributed by atoms with Gasteiger partial charge in [0.05, 0.1) is 25.8 Å². The third kappa shape index (κ3) is 4.85. The fraction of sp³-hybridized carbons (Fsp3) is 0.227. The highest BCUT2D eigenvalue weighted by Gasteiger charge is 2.07.